The number of nitrogens with zero attached hydrogens (tertiary/aromatic N) is 1. The van der Waals surface area contributed by atoms with Crippen molar-refractivity contribution in [3.05, 3.63) is 12.2 Å². The van der Waals surface area contributed by atoms with Crippen LogP contribution in [0.3, 0.4) is 0 Å². The van der Waals surface area contributed by atoms with Gasteiger partial charge in [-0.05, 0) is 58.3 Å². The van der Waals surface area contributed by atoms with E-state index in [9.17, 15) is 19.5 Å². The van der Waals surface area contributed by atoms with Gasteiger partial charge in [0.25, 0.3) is 0 Å². The zero-order chi connectivity index (χ0) is 21.6. The summed E-state index contributed by atoms with van der Waals surface area (Å²) < 4.78 is 0. The molecule has 2 amide bonds. The number of rotatable bonds is 3. The van der Waals surface area contributed by atoms with Gasteiger partial charge in [-0.1, -0.05) is 39.8 Å². The first-order valence-corrected chi connectivity index (χ1v) is 11.0. The van der Waals surface area contributed by atoms with Gasteiger partial charge < -0.3 is 5.11 Å². The summed E-state index contributed by atoms with van der Waals surface area (Å²) in [4.78, 5) is 39.3. The maximum atomic E-state index is 12.9. The van der Waals surface area contributed by atoms with Crippen molar-refractivity contribution >= 4 is 17.6 Å². The average molecular weight is 394 g/mol. The average Bonchev–Trinajstić information content (AvgIpc) is 2.95. The molecule has 4 unspecified atom stereocenters. The molecule has 0 bridgehead atoms. The van der Waals surface area contributed by atoms with Gasteiger partial charge in [0.05, 0.1) is 17.9 Å². The van der Waals surface area contributed by atoms with E-state index in [4.69, 9.17) is 0 Å². The summed E-state index contributed by atoms with van der Waals surface area (Å²) >= 11 is 0. The molecule has 160 valence electrons. The van der Waals surface area contributed by atoms with Crippen LogP contribution in [0.15, 0.2) is 12.2 Å². The van der Waals surface area contributed by atoms with Crippen LogP contribution in [0.1, 0.15) is 80.1 Å². The summed E-state index contributed by atoms with van der Waals surface area (Å²) in [5.74, 6) is -0.948. The van der Waals surface area contributed by atoms with Crippen molar-refractivity contribution < 1.29 is 19.5 Å². The minimum atomic E-state index is -0.353. The predicted octanol–water partition coefficient (Wildman–Crippen LogP) is 4.13. The lowest BCUT2D eigenvalue weighted by atomic mass is 9.66. The Bertz CT molecular complexity index is 537. The summed E-state index contributed by atoms with van der Waals surface area (Å²) in [6, 6.07) is -0.0851. The number of Topliss-reactive ketones (excluding diaryl/α,β-unsaturated/α-hetero) is 1. The molecule has 5 nitrogen and oxygen atoms in total. The standard InChI is InChI=1S/C19H27NO4.2C2H6/c1-10(2)14-8-16-17(9-15(14)11(3)21)19(24)20(18(16)23)12-4-6-13(22)7-5-12;2*1-2/h12-17,22H,1,4-9H2,2-3H3;2*1-2H3. The predicted molar refractivity (Wildman–Crippen MR) is 112 cm³/mol. The second-order valence-corrected chi connectivity index (χ2v) is 7.86. The van der Waals surface area contributed by atoms with Crippen LogP contribution in [0.4, 0.5) is 0 Å². The highest BCUT2D eigenvalue weighted by Crippen LogP contribution is 2.47. The van der Waals surface area contributed by atoms with Crippen molar-refractivity contribution in [3.63, 3.8) is 0 Å². The Labute approximate surface area is 170 Å². The molecular weight excluding hydrogens is 354 g/mol. The molecule has 1 heterocycles. The number of carbonyl (C=O) groups excluding carboxylic acids is 3. The lowest BCUT2D eigenvalue weighted by Crippen LogP contribution is -2.43. The molecule has 5 heteroatoms. The summed E-state index contributed by atoms with van der Waals surface area (Å²) in [6.07, 6.45) is 3.35. The van der Waals surface area contributed by atoms with Crippen LogP contribution in [-0.2, 0) is 14.4 Å². The smallest absolute Gasteiger partial charge is 0.233 e. The molecule has 1 saturated heterocycles. The van der Waals surface area contributed by atoms with Crippen LogP contribution in [-0.4, -0.2) is 39.7 Å². The Hall–Kier alpha value is -1.49. The van der Waals surface area contributed by atoms with Crippen LogP contribution in [0.25, 0.3) is 0 Å². The van der Waals surface area contributed by atoms with Gasteiger partial charge >= 0.3 is 0 Å². The fourth-order valence-electron chi connectivity index (χ4n) is 4.89. The topological polar surface area (TPSA) is 74.7 Å². The number of likely N-dealkylation sites (tertiary alicyclic amines) is 1. The summed E-state index contributed by atoms with van der Waals surface area (Å²) in [5, 5.41) is 9.66. The number of hydrogen-bond acceptors (Lipinski definition) is 4. The fraction of sp³-hybridized carbons (Fsp3) is 0.783. The van der Waals surface area contributed by atoms with Crippen LogP contribution in [0, 0.1) is 23.7 Å². The number of imide groups is 1. The molecule has 0 spiro atoms. The molecule has 0 aromatic rings. The zero-order valence-corrected chi connectivity index (χ0v) is 18.5. The molecule has 3 rings (SSSR count). The number of aliphatic hydroxyl groups excluding tert-OH is 1. The van der Waals surface area contributed by atoms with Gasteiger partial charge in [-0.3, -0.25) is 19.3 Å². The van der Waals surface area contributed by atoms with Gasteiger partial charge in [0.2, 0.25) is 11.8 Å². The molecule has 2 saturated carbocycles. The molecular formula is C23H39NO4. The van der Waals surface area contributed by atoms with Gasteiger partial charge in [-0.2, -0.15) is 0 Å². The first-order valence-electron chi connectivity index (χ1n) is 11.0. The van der Waals surface area contributed by atoms with Crippen LogP contribution in [0.5, 0.6) is 0 Å². The molecule has 0 radical (unpaired) electrons. The van der Waals surface area contributed by atoms with Crippen molar-refractivity contribution in [1.82, 2.24) is 4.90 Å². The fourth-order valence-corrected chi connectivity index (χ4v) is 4.89. The van der Waals surface area contributed by atoms with E-state index in [1.165, 1.54) is 4.90 Å². The highest BCUT2D eigenvalue weighted by Gasteiger charge is 2.55. The third-order valence-electron chi connectivity index (χ3n) is 6.28. The van der Waals surface area contributed by atoms with Gasteiger partial charge in [-0.25, -0.2) is 0 Å². The highest BCUT2D eigenvalue weighted by molar-refractivity contribution is 6.06. The molecule has 3 fully saturated rings. The van der Waals surface area contributed by atoms with Crippen molar-refractivity contribution in [2.75, 3.05) is 0 Å². The number of fused-ring (bicyclic) bond motifs is 1. The van der Waals surface area contributed by atoms with E-state index in [0.29, 0.717) is 38.5 Å². The maximum absolute atomic E-state index is 12.9. The molecule has 0 aromatic carbocycles. The number of allylic oxidation sites excluding steroid dienone is 1. The SMILES string of the molecule is C=C(C)C1CC2C(=O)N(C3CCC(O)CC3)C(=O)C2CC1C(C)=O.CC.CC. The second-order valence-electron chi connectivity index (χ2n) is 7.86. The summed E-state index contributed by atoms with van der Waals surface area (Å²) in [6.45, 7) is 15.5. The lowest BCUT2D eigenvalue weighted by molar-refractivity contribution is -0.144. The van der Waals surface area contributed by atoms with Crippen LogP contribution < -0.4 is 0 Å². The van der Waals surface area contributed by atoms with Crippen molar-refractivity contribution in [3.8, 4) is 0 Å². The first kappa shape index (κ1) is 24.5. The number of carbonyl (C=O) groups is 3. The van der Waals surface area contributed by atoms with E-state index < -0.39 is 0 Å². The third kappa shape index (κ3) is 4.91. The molecule has 1 aliphatic heterocycles. The molecule has 2 aliphatic carbocycles. The van der Waals surface area contributed by atoms with E-state index in [0.717, 1.165) is 5.57 Å². The van der Waals surface area contributed by atoms with Gasteiger partial charge in [0.15, 0.2) is 0 Å². The van der Waals surface area contributed by atoms with E-state index in [1.807, 2.05) is 34.6 Å². The van der Waals surface area contributed by atoms with E-state index >= 15 is 0 Å². The second kappa shape index (κ2) is 10.9. The molecule has 0 aromatic heterocycles. The number of ketones is 1. The normalized spacial score (nSPS) is 34.5. The third-order valence-corrected chi connectivity index (χ3v) is 6.28. The Morgan fingerprint density at radius 2 is 1.32 bits per heavy atom. The summed E-state index contributed by atoms with van der Waals surface area (Å²) in [5.41, 5.74) is 0.924. The lowest BCUT2D eigenvalue weighted by Gasteiger charge is -2.35. The monoisotopic (exact) mass is 393 g/mol. The highest BCUT2D eigenvalue weighted by atomic mass is 16.3. The van der Waals surface area contributed by atoms with Gasteiger partial charge in [0.1, 0.15) is 5.78 Å². The largest absolute Gasteiger partial charge is 0.393 e. The number of aliphatic hydroxyl groups is 1. The number of amides is 2. The van der Waals surface area contributed by atoms with Crippen molar-refractivity contribution in [2.45, 2.75) is 92.2 Å². The zero-order valence-electron chi connectivity index (χ0n) is 18.5. The molecule has 28 heavy (non-hydrogen) atoms. The minimum absolute atomic E-state index is 0.00590. The summed E-state index contributed by atoms with van der Waals surface area (Å²) in [7, 11) is 0. The van der Waals surface area contributed by atoms with Crippen LogP contribution >= 0.6 is 0 Å². The molecule has 1 N–H and O–H groups in total. The number of hydrogen-bond donors (Lipinski definition) is 1. The molecule has 3 aliphatic rings. The Kier molecular flexibility index (Phi) is 9.55. The van der Waals surface area contributed by atoms with E-state index in [2.05, 4.69) is 6.58 Å². The van der Waals surface area contributed by atoms with E-state index in [-0.39, 0.29) is 53.4 Å². The van der Waals surface area contributed by atoms with E-state index in [1.54, 1.807) is 6.92 Å². The maximum Gasteiger partial charge on any atom is 0.233 e. The quantitative estimate of drug-likeness (QED) is 0.578. The van der Waals surface area contributed by atoms with Gasteiger partial charge in [0, 0.05) is 12.0 Å². The minimum Gasteiger partial charge on any atom is -0.393 e. The van der Waals surface area contributed by atoms with Crippen molar-refractivity contribution in [2.24, 2.45) is 23.7 Å². The molecule has 4 atom stereocenters. The first-order chi connectivity index (χ1) is 13.3. The Balaban J connectivity index is 0.000000921. The van der Waals surface area contributed by atoms with Crippen molar-refractivity contribution in [1.29, 1.82) is 0 Å². The van der Waals surface area contributed by atoms with Crippen LogP contribution in [0.2, 0.25) is 0 Å². The Morgan fingerprint density at radius 1 is 0.893 bits per heavy atom. The Morgan fingerprint density at radius 3 is 1.71 bits per heavy atom. The van der Waals surface area contributed by atoms with Gasteiger partial charge in [-0.15, -0.1) is 0 Å².